The van der Waals surface area contributed by atoms with E-state index in [0.29, 0.717) is 35.6 Å². The molecule has 28 heavy (non-hydrogen) atoms. The van der Waals surface area contributed by atoms with Gasteiger partial charge in [0.15, 0.2) is 5.79 Å². The Kier molecular flexibility index (Phi) is 9.06. The molecule has 2 fully saturated rings. The molecule has 0 atom stereocenters. The standard InChI is InChI=1S/C13H7FN.C9H15O2.O.Os/c14-13-8-10(9-15)6-7-12(13)11-4-2-1-3-5-11;1-8-2-4-9(5-3-8)10-6-7-11-9;;/h2-8H;8H,1-7H2;;/q2*-1;;. The zero-order valence-corrected chi connectivity index (χ0v) is 18.0. The van der Waals surface area contributed by atoms with Crippen molar-refractivity contribution in [1.82, 2.24) is 0 Å². The first kappa shape index (κ1) is 22.5. The molecule has 1 aliphatic heterocycles. The number of rotatable bonds is 1. The van der Waals surface area contributed by atoms with Crippen LogP contribution in [-0.2, 0) is 31.6 Å². The summed E-state index contributed by atoms with van der Waals surface area (Å²) in [4.78, 5) is 0. The van der Waals surface area contributed by atoms with Crippen molar-refractivity contribution in [3.05, 3.63) is 66.8 Å². The molecule has 4 rings (SSSR count). The van der Waals surface area contributed by atoms with Crippen molar-refractivity contribution >= 4 is 0 Å². The van der Waals surface area contributed by atoms with Crippen LogP contribution < -0.4 is 0 Å². The van der Waals surface area contributed by atoms with Gasteiger partial charge in [-0.1, -0.05) is 18.9 Å². The molecule has 150 valence electrons. The molecule has 0 aromatic heterocycles. The summed E-state index contributed by atoms with van der Waals surface area (Å²) in [5.74, 6) is 0.0578. The van der Waals surface area contributed by atoms with Crippen molar-refractivity contribution in [3.63, 3.8) is 0 Å². The minimum absolute atomic E-state index is 0.186. The van der Waals surface area contributed by atoms with E-state index in [1.165, 1.54) is 6.07 Å². The van der Waals surface area contributed by atoms with Gasteiger partial charge in [-0.2, -0.15) is 41.5 Å². The summed E-state index contributed by atoms with van der Waals surface area (Å²) in [6.07, 6.45) is 4.39. The van der Waals surface area contributed by atoms with Gasteiger partial charge in [-0.05, 0) is 30.5 Å². The molecule has 2 aromatic rings. The first-order valence-corrected chi connectivity index (χ1v) is 10.1. The van der Waals surface area contributed by atoms with Crippen LogP contribution in [0, 0.1) is 36.1 Å². The van der Waals surface area contributed by atoms with Crippen molar-refractivity contribution in [2.24, 2.45) is 5.92 Å². The van der Waals surface area contributed by atoms with E-state index in [1.807, 2.05) is 6.07 Å². The first-order chi connectivity index (χ1) is 13.6. The summed E-state index contributed by atoms with van der Waals surface area (Å²) in [5.41, 5.74) is 1.62. The Labute approximate surface area is 175 Å². The number of nitriles is 1. The molecule has 1 spiro atoms. The average molecular weight is 558 g/mol. The molecule has 0 amide bonds. The Morgan fingerprint density at radius 2 is 1.75 bits per heavy atom. The molecule has 2 aromatic carbocycles. The second-order valence-electron chi connectivity index (χ2n) is 6.65. The summed E-state index contributed by atoms with van der Waals surface area (Å²) in [6.45, 7) is 5.60. The van der Waals surface area contributed by atoms with Crippen molar-refractivity contribution in [3.8, 4) is 17.2 Å². The van der Waals surface area contributed by atoms with Gasteiger partial charge in [-0.15, -0.1) is 5.56 Å². The van der Waals surface area contributed by atoms with E-state index in [4.69, 9.17) is 18.3 Å². The van der Waals surface area contributed by atoms with Gasteiger partial charge in [0.1, 0.15) is 5.82 Å². The minimum atomic E-state index is -0.375. The molecule has 4 nitrogen and oxygen atoms in total. The van der Waals surface area contributed by atoms with Gasteiger partial charge >= 0.3 is 22.1 Å². The fraction of sp³-hybridized carbons (Fsp3) is 0.364. The van der Waals surface area contributed by atoms with Crippen LogP contribution in [0.3, 0.4) is 0 Å². The van der Waals surface area contributed by atoms with Crippen LogP contribution in [0.5, 0.6) is 0 Å². The van der Waals surface area contributed by atoms with E-state index in [0.717, 1.165) is 44.5 Å². The molecule has 2 aliphatic rings. The summed E-state index contributed by atoms with van der Waals surface area (Å²) in [7, 11) is 0. The number of ether oxygens (including phenoxy) is 2. The zero-order chi connectivity index (χ0) is 20.4. The maximum absolute atomic E-state index is 13.6. The number of hydrogen-bond donors (Lipinski definition) is 0. The van der Waals surface area contributed by atoms with Gasteiger partial charge in [0.2, 0.25) is 0 Å². The maximum atomic E-state index is 13.6. The van der Waals surface area contributed by atoms with Gasteiger partial charge in [0.25, 0.3) is 0 Å². The predicted octanol–water partition coefficient (Wildman–Crippen LogP) is 4.80. The van der Waals surface area contributed by atoms with Gasteiger partial charge < -0.3 is 16.4 Å². The molecule has 0 radical (unpaired) electrons. The quantitative estimate of drug-likeness (QED) is 0.473. The van der Waals surface area contributed by atoms with E-state index in [-0.39, 0.29) is 11.6 Å². The monoisotopic (exact) mass is 559 g/mol. The van der Waals surface area contributed by atoms with Gasteiger partial charge in [0.05, 0.1) is 24.8 Å². The van der Waals surface area contributed by atoms with E-state index < -0.39 is 0 Å². The Morgan fingerprint density at radius 3 is 2.29 bits per heavy atom. The molecular weight excluding hydrogens is 535 g/mol. The zero-order valence-electron chi connectivity index (χ0n) is 15.5. The van der Waals surface area contributed by atoms with Crippen LogP contribution in [0.2, 0.25) is 0 Å². The van der Waals surface area contributed by atoms with Crippen molar-refractivity contribution in [2.45, 2.75) is 31.5 Å². The van der Waals surface area contributed by atoms with Crippen LogP contribution in [0.4, 0.5) is 4.39 Å². The summed E-state index contributed by atoms with van der Waals surface area (Å²) in [6, 6.07) is 16.3. The fourth-order valence-electron chi connectivity index (χ4n) is 3.29. The van der Waals surface area contributed by atoms with Crippen LogP contribution in [0.25, 0.3) is 11.1 Å². The summed E-state index contributed by atoms with van der Waals surface area (Å²) < 4.78 is 33.0. The van der Waals surface area contributed by atoms with E-state index >= 15 is 0 Å². The summed E-state index contributed by atoms with van der Waals surface area (Å²) in [5, 5.41) is 8.60. The molecule has 0 bridgehead atoms. The Balaban J connectivity index is 0.000000191. The van der Waals surface area contributed by atoms with Gasteiger partial charge in [-0.25, -0.2) is 4.39 Å². The van der Waals surface area contributed by atoms with Crippen LogP contribution in [0.15, 0.2) is 42.5 Å². The van der Waals surface area contributed by atoms with E-state index in [9.17, 15) is 4.39 Å². The number of hydrogen-bond acceptors (Lipinski definition) is 4. The fourth-order valence-corrected chi connectivity index (χ4v) is 3.29. The number of nitrogens with zero attached hydrogens (tertiary/aromatic N) is 1. The molecule has 0 N–H and O–H groups in total. The predicted molar refractivity (Wildman–Crippen MR) is 98.0 cm³/mol. The van der Waals surface area contributed by atoms with E-state index in [1.54, 1.807) is 36.4 Å². The Bertz CT molecular complexity index is 778. The van der Waals surface area contributed by atoms with Crippen molar-refractivity contribution < 1.29 is 36.0 Å². The molecular formula is C22H22FNO3Os-2. The number of halogens is 1. The Morgan fingerprint density at radius 1 is 1.14 bits per heavy atom. The van der Waals surface area contributed by atoms with Gasteiger partial charge in [-0.3, -0.25) is 0 Å². The molecule has 1 heterocycles. The molecule has 1 saturated heterocycles. The van der Waals surface area contributed by atoms with Crippen molar-refractivity contribution in [1.29, 1.82) is 5.26 Å². The van der Waals surface area contributed by atoms with Gasteiger partial charge in [0, 0.05) is 0 Å². The molecule has 1 aliphatic carbocycles. The van der Waals surface area contributed by atoms with Crippen LogP contribution in [-0.4, -0.2) is 19.0 Å². The third-order valence-electron chi connectivity index (χ3n) is 4.81. The van der Waals surface area contributed by atoms with Crippen molar-refractivity contribution in [2.75, 3.05) is 13.2 Å². The molecule has 0 unspecified atom stereocenters. The second kappa shape index (κ2) is 11.3. The first-order valence-electron chi connectivity index (χ1n) is 9.03. The second-order valence-corrected chi connectivity index (χ2v) is 6.65. The Hall–Kier alpha value is -1.78. The SMILES string of the molecule is N#Cc1ccc(-c2cc[c-]cc2)c(F)c1.[CH2-]C1CCC2(CC1)OCCO2.[O]=[Os]. The molecule has 6 heteroatoms. The van der Waals surface area contributed by atoms with Crippen LogP contribution >= 0.6 is 0 Å². The van der Waals surface area contributed by atoms with Crippen LogP contribution in [0.1, 0.15) is 31.2 Å². The third kappa shape index (κ3) is 6.11. The molecule has 1 saturated carbocycles. The average Bonchev–Trinajstić information content (AvgIpc) is 3.21. The van der Waals surface area contributed by atoms with E-state index in [2.05, 4.69) is 13.0 Å². The number of benzene rings is 2. The summed E-state index contributed by atoms with van der Waals surface area (Å²) >= 11 is 0.611. The topological polar surface area (TPSA) is 59.3 Å². The third-order valence-corrected chi connectivity index (χ3v) is 4.81. The normalized spacial score (nSPS) is 17.6.